The third-order valence-electron chi connectivity index (χ3n) is 7.76. The zero-order valence-corrected chi connectivity index (χ0v) is 23.8. The molecule has 2 aromatic heterocycles. The normalized spacial score (nSPS) is 15.3. The van der Waals surface area contributed by atoms with Gasteiger partial charge in [-0.2, -0.15) is 5.10 Å². The molecular weight excluding hydrogens is 587 g/mol. The molecule has 1 aliphatic heterocycles. The van der Waals surface area contributed by atoms with Crippen LogP contribution in [0.1, 0.15) is 52.1 Å². The van der Waals surface area contributed by atoms with Crippen LogP contribution in [0.15, 0.2) is 59.1 Å². The summed E-state index contributed by atoms with van der Waals surface area (Å²) in [6, 6.07) is 16.8. The molecule has 2 aliphatic rings. The fraction of sp³-hybridized carbons (Fsp3) is 0.233. The first-order valence-corrected chi connectivity index (χ1v) is 14.3. The van der Waals surface area contributed by atoms with E-state index in [1.807, 2.05) is 36.4 Å². The second-order valence-corrected chi connectivity index (χ2v) is 11.6. The first-order chi connectivity index (χ1) is 19.9. The Morgan fingerprint density at radius 2 is 1.80 bits per heavy atom. The summed E-state index contributed by atoms with van der Waals surface area (Å²) in [6.45, 7) is 1.77. The Bertz CT molecular complexity index is 1790. The number of anilines is 1. The van der Waals surface area contributed by atoms with E-state index in [1.54, 1.807) is 18.2 Å². The quantitative estimate of drug-likeness (QED) is 0.184. The molecule has 3 aromatic carbocycles. The summed E-state index contributed by atoms with van der Waals surface area (Å²) in [5, 5.41) is 22.6. The number of aromatic carboxylic acids is 1. The molecule has 1 aliphatic carbocycles. The number of rotatable bonds is 8. The number of H-pyrrole nitrogens is 1. The SMILES string of the molecule is O=C(O)c1n[nH]c2ccc(N3CC(c4ccc(OCc5c(-c6c(Cl)cccc6Cl)noc5C5CC5)cc4Cl)C3)cc12. The van der Waals surface area contributed by atoms with Crippen LogP contribution in [-0.2, 0) is 6.61 Å². The number of nitrogens with zero attached hydrogens (tertiary/aromatic N) is 3. The molecule has 1 saturated carbocycles. The Kier molecular flexibility index (Phi) is 6.57. The van der Waals surface area contributed by atoms with Gasteiger partial charge in [0.2, 0.25) is 0 Å². The highest BCUT2D eigenvalue weighted by Gasteiger charge is 2.34. The molecule has 2 N–H and O–H groups in total. The topological polar surface area (TPSA) is 104 Å². The second kappa shape index (κ2) is 10.3. The van der Waals surface area contributed by atoms with E-state index in [4.69, 9.17) is 44.1 Å². The summed E-state index contributed by atoms with van der Waals surface area (Å²) in [5.41, 5.74) is 4.79. The van der Waals surface area contributed by atoms with Crippen molar-refractivity contribution in [3.05, 3.63) is 92.2 Å². The van der Waals surface area contributed by atoms with Crippen molar-refractivity contribution in [1.82, 2.24) is 15.4 Å². The average molecular weight is 610 g/mol. The van der Waals surface area contributed by atoms with Crippen molar-refractivity contribution in [3.8, 4) is 17.0 Å². The van der Waals surface area contributed by atoms with E-state index < -0.39 is 5.97 Å². The minimum Gasteiger partial charge on any atom is -0.489 e. The molecule has 11 heteroatoms. The van der Waals surface area contributed by atoms with E-state index in [9.17, 15) is 9.90 Å². The molecule has 0 atom stereocenters. The molecule has 0 amide bonds. The van der Waals surface area contributed by atoms with E-state index in [1.165, 1.54) is 0 Å². The van der Waals surface area contributed by atoms with E-state index in [-0.39, 0.29) is 18.2 Å². The highest BCUT2D eigenvalue weighted by Crippen LogP contribution is 2.46. The van der Waals surface area contributed by atoms with Gasteiger partial charge in [-0.1, -0.05) is 52.1 Å². The van der Waals surface area contributed by atoms with Crippen molar-refractivity contribution >= 4 is 57.4 Å². The van der Waals surface area contributed by atoms with Crippen LogP contribution in [0, 0.1) is 0 Å². The molecular formula is C30H23Cl3N4O4. The van der Waals surface area contributed by atoms with Crippen LogP contribution in [0.2, 0.25) is 15.1 Å². The van der Waals surface area contributed by atoms with Crippen LogP contribution in [0.4, 0.5) is 5.69 Å². The van der Waals surface area contributed by atoms with Gasteiger partial charge < -0.3 is 19.3 Å². The maximum absolute atomic E-state index is 11.5. The van der Waals surface area contributed by atoms with E-state index in [0.717, 1.165) is 48.5 Å². The lowest BCUT2D eigenvalue weighted by molar-refractivity contribution is 0.0692. The van der Waals surface area contributed by atoms with Gasteiger partial charge in [0.25, 0.3) is 0 Å². The molecule has 41 heavy (non-hydrogen) atoms. The summed E-state index contributed by atoms with van der Waals surface area (Å²) < 4.78 is 11.9. The van der Waals surface area contributed by atoms with Gasteiger partial charge >= 0.3 is 5.97 Å². The first-order valence-electron chi connectivity index (χ1n) is 13.2. The van der Waals surface area contributed by atoms with Crippen LogP contribution in [0.5, 0.6) is 5.75 Å². The monoisotopic (exact) mass is 608 g/mol. The highest BCUT2D eigenvalue weighted by atomic mass is 35.5. The molecule has 0 bridgehead atoms. The van der Waals surface area contributed by atoms with E-state index >= 15 is 0 Å². The number of nitrogens with one attached hydrogen (secondary N) is 1. The van der Waals surface area contributed by atoms with Gasteiger partial charge in [-0.3, -0.25) is 5.10 Å². The minimum atomic E-state index is -1.05. The third kappa shape index (κ3) is 4.80. The Morgan fingerprint density at radius 3 is 2.51 bits per heavy atom. The molecule has 3 heterocycles. The number of aromatic nitrogens is 3. The van der Waals surface area contributed by atoms with Crippen LogP contribution >= 0.6 is 34.8 Å². The molecule has 0 unspecified atom stereocenters. The van der Waals surface area contributed by atoms with Gasteiger partial charge in [-0.05, 0) is 60.9 Å². The standard InChI is InChI=1S/C30H23Cl3N4O4/c31-22-2-1-3-23(32)26(22)27-21(29(41-36-27)15-4-5-15)14-40-18-7-8-19(24(33)11-18)16-12-37(13-16)17-6-9-25-20(10-17)28(30(38)39)35-34-25/h1-3,6-11,15-16H,4-5,12-14H2,(H,34,35)(H,38,39). The third-order valence-corrected chi connectivity index (χ3v) is 8.71. The van der Waals surface area contributed by atoms with Gasteiger partial charge in [0.1, 0.15) is 23.8 Å². The Labute approximate surface area is 249 Å². The molecule has 7 rings (SSSR count). The number of hydrogen-bond donors (Lipinski definition) is 2. The summed E-state index contributed by atoms with van der Waals surface area (Å²) in [6.07, 6.45) is 2.10. The number of carboxylic acids is 1. The molecule has 0 radical (unpaired) electrons. The van der Waals surface area contributed by atoms with Crippen LogP contribution < -0.4 is 9.64 Å². The van der Waals surface area contributed by atoms with Gasteiger partial charge in [-0.15, -0.1) is 0 Å². The lowest BCUT2D eigenvalue weighted by Gasteiger charge is -2.41. The molecule has 8 nitrogen and oxygen atoms in total. The van der Waals surface area contributed by atoms with Crippen molar-refractivity contribution in [3.63, 3.8) is 0 Å². The molecule has 208 valence electrons. The second-order valence-electron chi connectivity index (χ2n) is 10.4. The van der Waals surface area contributed by atoms with Gasteiger partial charge in [0, 0.05) is 46.6 Å². The zero-order chi connectivity index (χ0) is 28.2. The number of carbonyl (C=O) groups is 1. The molecule has 2 fully saturated rings. The predicted octanol–water partition coefficient (Wildman–Crippen LogP) is 7.94. The number of carboxylic acid groups (broad SMARTS) is 1. The largest absolute Gasteiger partial charge is 0.489 e. The minimum absolute atomic E-state index is 0.0232. The molecule has 0 spiro atoms. The first kappa shape index (κ1) is 26.2. The molecule has 5 aromatic rings. The Hall–Kier alpha value is -3.72. The van der Waals surface area contributed by atoms with Crippen molar-refractivity contribution in [2.75, 3.05) is 18.0 Å². The lowest BCUT2D eigenvalue weighted by Crippen LogP contribution is -2.45. The van der Waals surface area contributed by atoms with Crippen molar-refractivity contribution < 1.29 is 19.2 Å². The predicted molar refractivity (Wildman–Crippen MR) is 158 cm³/mol. The van der Waals surface area contributed by atoms with Crippen molar-refractivity contribution in [2.45, 2.75) is 31.3 Å². The highest BCUT2D eigenvalue weighted by molar-refractivity contribution is 6.39. The lowest BCUT2D eigenvalue weighted by atomic mass is 9.90. The van der Waals surface area contributed by atoms with Crippen LogP contribution in [0.25, 0.3) is 22.2 Å². The fourth-order valence-electron chi connectivity index (χ4n) is 5.38. The zero-order valence-electron chi connectivity index (χ0n) is 21.5. The fourth-order valence-corrected chi connectivity index (χ4v) is 6.28. The van der Waals surface area contributed by atoms with Crippen molar-refractivity contribution in [1.29, 1.82) is 0 Å². The van der Waals surface area contributed by atoms with Crippen LogP contribution in [0.3, 0.4) is 0 Å². The Balaban J connectivity index is 1.06. The van der Waals surface area contributed by atoms with Gasteiger partial charge in [-0.25, -0.2) is 4.79 Å². The average Bonchev–Trinajstić information content (AvgIpc) is 3.54. The Morgan fingerprint density at radius 1 is 1.02 bits per heavy atom. The number of hydrogen-bond acceptors (Lipinski definition) is 6. The van der Waals surface area contributed by atoms with Gasteiger partial charge in [0.15, 0.2) is 5.69 Å². The maximum Gasteiger partial charge on any atom is 0.357 e. The van der Waals surface area contributed by atoms with Crippen LogP contribution in [-0.4, -0.2) is 39.5 Å². The number of halogens is 3. The van der Waals surface area contributed by atoms with E-state index in [2.05, 4.69) is 20.3 Å². The summed E-state index contributed by atoms with van der Waals surface area (Å²) >= 11 is 19.7. The maximum atomic E-state index is 11.5. The number of fused-ring (bicyclic) bond motifs is 1. The number of aromatic amines is 1. The van der Waals surface area contributed by atoms with E-state index in [0.29, 0.717) is 48.9 Å². The van der Waals surface area contributed by atoms with Crippen molar-refractivity contribution in [2.24, 2.45) is 0 Å². The summed E-state index contributed by atoms with van der Waals surface area (Å²) in [7, 11) is 0. The number of benzene rings is 3. The molecule has 1 saturated heterocycles. The summed E-state index contributed by atoms with van der Waals surface area (Å²) in [4.78, 5) is 13.7. The number of ether oxygens (including phenoxy) is 1. The van der Waals surface area contributed by atoms with Gasteiger partial charge in [0.05, 0.1) is 21.1 Å². The summed E-state index contributed by atoms with van der Waals surface area (Å²) in [5.74, 6) is 0.969. The smallest absolute Gasteiger partial charge is 0.357 e.